The highest BCUT2D eigenvalue weighted by Gasteiger charge is 2.26. The fraction of sp³-hybridized carbons (Fsp3) is 0.700. The molecule has 0 amide bonds. The Balaban J connectivity index is 2.08. The molecule has 0 N–H and O–H groups in total. The molecule has 0 aromatic carbocycles. The van der Waals surface area contributed by atoms with Crippen LogP contribution < -0.4 is 4.90 Å². The largest absolute Gasteiger partial charge is 0.355 e. The zero-order valence-corrected chi connectivity index (χ0v) is 9.83. The minimum Gasteiger partial charge on any atom is -0.355 e. The van der Waals surface area contributed by atoms with Gasteiger partial charge in [-0.1, -0.05) is 13.8 Å². The van der Waals surface area contributed by atoms with E-state index in [0.717, 1.165) is 18.9 Å². The smallest absolute Gasteiger partial charge is 0.244 e. The lowest BCUT2D eigenvalue weighted by molar-refractivity contribution is 0.279. The SMILES string of the molecule is CC1(C)CCN(c2cnnc(Cl)n2)CC1. The molecule has 0 aliphatic carbocycles. The van der Waals surface area contributed by atoms with Gasteiger partial charge in [0.25, 0.3) is 0 Å². The van der Waals surface area contributed by atoms with E-state index in [-0.39, 0.29) is 5.28 Å². The van der Waals surface area contributed by atoms with Gasteiger partial charge in [0.2, 0.25) is 5.28 Å². The van der Waals surface area contributed by atoms with Gasteiger partial charge in [-0.15, -0.1) is 5.10 Å². The molecule has 0 unspecified atom stereocenters. The summed E-state index contributed by atoms with van der Waals surface area (Å²) in [6.07, 6.45) is 4.02. The monoisotopic (exact) mass is 226 g/mol. The summed E-state index contributed by atoms with van der Waals surface area (Å²) < 4.78 is 0. The molecule has 5 heteroatoms. The third kappa shape index (κ3) is 2.56. The van der Waals surface area contributed by atoms with Gasteiger partial charge in [0.1, 0.15) is 0 Å². The third-order valence-corrected chi connectivity index (χ3v) is 3.12. The molecule has 0 radical (unpaired) electrons. The van der Waals surface area contributed by atoms with E-state index >= 15 is 0 Å². The summed E-state index contributed by atoms with van der Waals surface area (Å²) in [5.41, 5.74) is 0.445. The average Bonchev–Trinajstić information content (AvgIpc) is 2.17. The predicted octanol–water partition coefficient (Wildman–Crippen LogP) is 2.15. The first kappa shape index (κ1) is 10.6. The highest BCUT2D eigenvalue weighted by Crippen LogP contribution is 2.31. The molecular weight excluding hydrogens is 212 g/mol. The standard InChI is InChI=1S/C10H15ClN4/c1-10(2)3-5-15(6-4-10)8-7-12-14-9(11)13-8/h7H,3-6H2,1-2H3. The number of halogens is 1. The minimum absolute atomic E-state index is 0.220. The molecule has 2 heterocycles. The maximum absolute atomic E-state index is 5.71. The Morgan fingerprint density at radius 1 is 1.33 bits per heavy atom. The van der Waals surface area contributed by atoms with Crippen molar-refractivity contribution >= 4 is 17.4 Å². The Hall–Kier alpha value is -0.900. The van der Waals surface area contributed by atoms with E-state index in [1.807, 2.05) is 0 Å². The van der Waals surface area contributed by atoms with E-state index in [1.54, 1.807) is 6.20 Å². The lowest BCUT2D eigenvalue weighted by Crippen LogP contribution is -2.37. The topological polar surface area (TPSA) is 41.9 Å². The minimum atomic E-state index is 0.220. The van der Waals surface area contributed by atoms with Crippen LogP contribution in [0.2, 0.25) is 5.28 Å². The van der Waals surface area contributed by atoms with Crippen molar-refractivity contribution in [3.8, 4) is 0 Å². The van der Waals surface area contributed by atoms with Gasteiger partial charge in [-0.3, -0.25) is 0 Å². The van der Waals surface area contributed by atoms with Crippen LogP contribution in [-0.4, -0.2) is 28.3 Å². The number of nitrogens with zero attached hydrogens (tertiary/aromatic N) is 4. The highest BCUT2D eigenvalue weighted by atomic mass is 35.5. The number of piperidine rings is 1. The molecule has 82 valence electrons. The number of anilines is 1. The van der Waals surface area contributed by atoms with Gasteiger partial charge in [-0.05, 0) is 29.9 Å². The molecule has 1 fully saturated rings. The molecule has 15 heavy (non-hydrogen) atoms. The third-order valence-electron chi connectivity index (χ3n) is 2.96. The maximum Gasteiger partial charge on any atom is 0.244 e. The van der Waals surface area contributed by atoms with Crippen LogP contribution in [0.3, 0.4) is 0 Å². The maximum atomic E-state index is 5.71. The van der Waals surface area contributed by atoms with Crippen molar-refractivity contribution in [1.82, 2.24) is 15.2 Å². The second kappa shape index (κ2) is 3.93. The van der Waals surface area contributed by atoms with Gasteiger partial charge in [-0.25, -0.2) is 0 Å². The van der Waals surface area contributed by atoms with E-state index in [1.165, 1.54) is 12.8 Å². The molecule has 0 saturated carbocycles. The Morgan fingerprint density at radius 3 is 2.60 bits per heavy atom. The predicted molar refractivity (Wildman–Crippen MR) is 60.1 cm³/mol. The van der Waals surface area contributed by atoms with Crippen molar-refractivity contribution in [1.29, 1.82) is 0 Å². The average molecular weight is 227 g/mol. The molecule has 1 aromatic rings. The quantitative estimate of drug-likeness (QED) is 0.736. The van der Waals surface area contributed by atoms with E-state index < -0.39 is 0 Å². The summed E-state index contributed by atoms with van der Waals surface area (Å²) in [6, 6.07) is 0. The number of hydrogen-bond acceptors (Lipinski definition) is 4. The van der Waals surface area contributed by atoms with Crippen LogP contribution in [0.25, 0.3) is 0 Å². The van der Waals surface area contributed by atoms with Gasteiger partial charge in [0.05, 0.1) is 6.20 Å². The molecular formula is C10H15ClN4. The van der Waals surface area contributed by atoms with E-state index in [0.29, 0.717) is 5.41 Å². The van der Waals surface area contributed by atoms with Crippen LogP contribution in [-0.2, 0) is 0 Å². The summed E-state index contributed by atoms with van der Waals surface area (Å²) in [5.74, 6) is 0.838. The Labute approximate surface area is 94.7 Å². The van der Waals surface area contributed by atoms with Crippen LogP contribution in [0.1, 0.15) is 26.7 Å². The van der Waals surface area contributed by atoms with Crippen LogP contribution in [0.15, 0.2) is 6.20 Å². The van der Waals surface area contributed by atoms with Crippen molar-refractivity contribution in [2.45, 2.75) is 26.7 Å². The molecule has 2 rings (SSSR count). The summed E-state index contributed by atoms with van der Waals surface area (Å²) in [7, 11) is 0. The lowest BCUT2D eigenvalue weighted by atomic mass is 9.83. The first-order chi connectivity index (χ1) is 7.07. The molecule has 0 spiro atoms. The van der Waals surface area contributed by atoms with Crippen molar-refractivity contribution in [2.24, 2.45) is 5.41 Å². The normalized spacial score (nSPS) is 20.3. The number of rotatable bonds is 1. The van der Waals surface area contributed by atoms with Gasteiger partial charge >= 0.3 is 0 Å². The van der Waals surface area contributed by atoms with E-state index in [9.17, 15) is 0 Å². The summed E-state index contributed by atoms with van der Waals surface area (Å²) >= 11 is 5.71. The van der Waals surface area contributed by atoms with Crippen molar-refractivity contribution in [3.63, 3.8) is 0 Å². The Morgan fingerprint density at radius 2 is 2.00 bits per heavy atom. The molecule has 1 saturated heterocycles. The fourth-order valence-corrected chi connectivity index (χ4v) is 1.90. The van der Waals surface area contributed by atoms with Crippen molar-refractivity contribution in [2.75, 3.05) is 18.0 Å². The lowest BCUT2D eigenvalue weighted by Gasteiger charge is -2.37. The zero-order chi connectivity index (χ0) is 10.9. The molecule has 1 aliphatic heterocycles. The fourth-order valence-electron chi connectivity index (χ4n) is 1.77. The summed E-state index contributed by atoms with van der Waals surface area (Å²) in [4.78, 5) is 6.38. The van der Waals surface area contributed by atoms with Gasteiger partial charge < -0.3 is 4.90 Å². The Bertz CT molecular complexity index is 343. The van der Waals surface area contributed by atoms with Gasteiger partial charge in [0.15, 0.2) is 5.82 Å². The first-order valence-electron chi connectivity index (χ1n) is 5.17. The number of aromatic nitrogens is 3. The van der Waals surface area contributed by atoms with E-state index in [2.05, 4.69) is 33.9 Å². The van der Waals surface area contributed by atoms with Crippen LogP contribution in [0.5, 0.6) is 0 Å². The van der Waals surface area contributed by atoms with Crippen molar-refractivity contribution < 1.29 is 0 Å². The highest BCUT2D eigenvalue weighted by molar-refractivity contribution is 6.28. The molecule has 0 atom stereocenters. The van der Waals surface area contributed by atoms with Gasteiger partial charge in [0, 0.05) is 13.1 Å². The van der Waals surface area contributed by atoms with E-state index in [4.69, 9.17) is 11.6 Å². The number of hydrogen-bond donors (Lipinski definition) is 0. The van der Waals surface area contributed by atoms with Crippen LogP contribution >= 0.6 is 11.6 Å². The first-order valence-corrected chi connectivity index (χ1v) is 5.55. The molecule has 0 bridgehead atoms. The Kier molecular flexibility index (Phi) is 2.78. The zero-order valence-electron chi connectivity index (χ0n) is 9.07. The van der Waals surface area contributed by atoms with Crippen molar-refractivity contribution in [3.05, 3.63) is 11.5 Å². The molecule has 1 aromatic heterocycles. The molecule has 4 nitrogen and oxygen atoms in total. The van der Waals surface area contributed by atoms with Gasteiger partial charge in [-0.2, -0.15) is 10.1 Å². The molecule has 1 aliphatic rings. The van der Waals surface area contributed by atoms with Crippen LogP contribution in [0, 0.1) is 5.41 Å². The summed E-state index contributed by atoms with van der Waals surface area (Å²) in [5, 5.41) is 7.67. The second-order valence-corrected chi connectivity index (χ2v) is 5.07. The summed E-state index contributed by atoms with van der Waals surface area (Å²) in [6.45, 7) is 6.63. The van der Waals surface area contributed by atoms with Crippen LogP contribution in [0.4, 0.5) is 5.82 Å². The second-order valence-electron chi connectivity index (χ2n) is 4.73.